The minimum absolute atomic E-state index is 0.0947. The summed E-state index contributed by atoms with van der Waals surface area (Å²) in [7, 11) is 0. The molecule has 0 fully saturated rings. The van der Waals surface area contributed by atoms with Gasteiger partial charge >= 0.3 is 0 Å². The van der Waals surface area contributed by atoms with Crippen molar-refractivity contribution in [1.29, 1.82) is 0 Å². The SMILES string of the molecule is CCCc1noc(CCCC(=O)NCc2c(C)cc(C)[nH]c2=O)n1. The van der Waals surface area contributed by atoms with Crippen LogP contribution in [0.5, 0.6) is 0 Å². The van der Waals surface area contributed by atoms with Crippen molar-refractivity contribution in [2.75, 3.05) is 0 Å². The standard InChI is InChI=1S/C17H24N4O3/c1-4-6-14-20-16(24-21-14)8-5-7-15(22)18-10-13-11(2)9-12(3)19-17(13)23/h9H,4-8,10H2,1-3H3,(H,18,22)(H,19,23). The van der Waals surface area contributed by atoms with Gasteiger partial charge in [-0.1, -0.05) is 12.1 Å². The van der Waals surface area contributed by atoms with E-state index in [1.807, 2.05) is 19.9 Å². The molecule has 1 amide bonds. The van der Waals surface area contributed by atoms with Gasteiger partial charge in [0.25, 0.3) is 5.56 Å². The van der Waals surface area contributed by atoms with Crippen molar-refractivity contribution < 1.29 is 9.32 Å². The predicted octanol–water partition coefficient (Wildman–Crippen LogP) is 1.97. The molecule has 0 atom stereocenters. The number of pyridine rings is 1. The van der Waals surface area contributed by atoms with E-state index in [-0.39, 0.29) is 18.0 Å². The normalized spacial score (nSPS) is 10.8. The van der Waals surface area contributed by atoms with E-state index in [4.69, 9.17) is 4.52 Å². The monoisotopic (exact) mass is 332 g/mol. The molecule has 0 aliphatic carbocycles. The van der Waals surface area contributed by atoms with E-state index in [0.717, 1.165) is 24.1 Å². The van der Waals surface area contributed by atoms with E-state index in [1.165, 1.54) is 0 Å². The number of nitrogens with one attached hydrogen (secondary N) is 2. The van der Waals surface area contributed by atoms with Crippen LogP contribution in [0.1, 0.15) is 54.7 Å². The molecule has 7 nitrogen and oxygen atoms in total. The quantitative estimate of drug-likeness (QED) is 0.769. The highest BCUT2D eigenvalue weighted by molar-refractivity contribution is 5.75. The molecule has 2 aromatic rings. The zero-order chi connectivity index (χ0) is 17.5. The summed E-state index contributed by atoms with van der Waals surface area (Å²) >= 11 is 0. The number of aryl methyl sites for hydroxylation is 4. The fraction of sp³-hybridized carbons (Fsp3) is 0.529. The molecular formula is C17H24N4O3. The maximum Gasteiger partial charge on any atom is 0.253 e. The number of H-pyrrole nitrogens is 1. The molecule has 0 unspecified atom stereocenters. The van der Waals surface area contributed by atoms with Crippen LogP contribution in [0.15, 0.2) is 15.4 Å². The van der Waals surface area contributed by atoms with Crippen molar-refractivity contribution in [3.63, 3.8) is 0 Å². The Balaban J connectivity index is 1.76. The Morgan fingerprint density at radius 2 is 2.12 bits per heavy atom. The predicted molar refractivity (Wildman–Crippen MR) is 89.6 cm³/mol. The summed E-state index contributed by atoms with van der Waals surface area (Å²) < 4.78 is 5.13. The molecule has 0 radical (unpaired) electrons. The highest BCUT2D eigenvalue weighted by Crippen LogP contribution is 2.06. The Labute approximate surface area is 140 Å². The summed E-state index contributed by atoms with van der Waals surface area (Å²) in [6.07, 6.45) is 3.33. The van der Waals surface area contributed by atoms with Crippen LogP contribution in [-0.4, -0.2) is 21.0 Å². The molecule has 2 aromatic heterocycles. The second kappa shape index (κ2) is 8.42. The molecule has 2 N–H and O–H groups in total. The van der Waals surface area contributed by atoms with Crippen LogP contribution < -0.4 is 10.9 Å². The Morgan fingerprint density at radius 3 is 2.83 bits per heavy atom. The first-order valence-electron chi connectivity index (χ1n) is 8.27. The smallest absolute Gasteiger partial charge is 0.253 e. The van der Waals surface area contributed by atoms with E-state index in [9.17, 15) is 9.59 Å². The highest BCUT2D eigenvalue weighted by atomic mass is 16.5. The minimum Gasteiger partial charge on any atom is -0.352 e. The fourth-order valence-electron chi connectivity index (χ4n) is 2.49. The summed E-state index contributed by atoms with van der Waals surface area (Å²) in [5.74, 6) is 1.19. The lowest BCUT2D eigenvalue weighted by molar-refractivity contribution is -0.121. The third-order valence-electron chi connectivity index (χ3n) is 3.73. The molecule has 7 heteroatoms. The summed E-state index contributed by atoms with van der Waals surface area (Å²) in [6, 6.07) is 1.90. The van der Waals surface area contributed by atoms with Crippen molar-refractivity contribution in [1.82, 2.24) is 20.4 Å². The Morgan fingerprint density at radius 1 is 1.33 bits per heavy atom. The van der Waals surface area contributed by atoms with Gasteiger partial charge in [0, 0.05) is 37.1 Å². The number of amides is 1. The number of rotatable bonds is 8. The summed E-state index contributed by atoms with van der Waals surface area (Å²) in [5.41, 5.74) is 2.14. The van der Waals surface area contributed by atoms with E-state index >= 15 is 0 Å². The summed E-state index contributed by atoms with van der Waals surface area (Å²) in [4.78, 5) is 30.8. The third-order valence-corrected chi connectivity index (χ3v) is 3.73. The van der Waals surface area contributed by atoms with Gasteiger partial charge in [-0.2, -0.15) is 4.98 Å². The van der Waals surface area contributed by atoms with Crippen LogP contribution in [0.2, 0.25) is 0 Å². The van der Waals surface area contributed by atoms with Crippen LogP contribution in [0, 0.1) is 13.8 Å². The number of hydrogen-bond acceptors (Lipinski definition) is 5. The van der Waals surface area contributed by atoms with Crippen molar-refractivity contribution in [3.05, 3.63) is 45.0 Å². The lowest BCUT2D eigenvalue weighted by Crippen LogP contribution is -2.27. The Hall–Kier alpha value is -2.44. The van der Waals surface area contributed by atoms with Crippen LogP contribution in [0.3, 0.4) is 0 Å². The Bertz CT molecular complexity index is 749. The van der Waals surface area contributed by atoms with Gasteiger partial charge in [0.2, 0.25) is 11.8 Å². The third kappa shape index (κ3) is 5.04. The van der Waals surface area contributed by atoms with Gasteiger partial charge < -0.3 is 14.8 Å². The molecule has 0 saturated heterocycles. The number of carbonyl (C=O) groups is 1. The molecule has 0 spiro atoms. The van der Waals surface area contributed by atoms with Crippen molar-refractivity contribution in [2.45, 2.75) is 59.4 Å². The number of aromatic amines is 1. The second-order valence-electron chi connectivity index (χ2n) is 5.93. The molecule has 0 aliphatic heterocycles. The Kier molecular flexibility index (Phi) is 6.28. The summed E-state index contributed by atoms with van der Waals surface area (Å²) in [5, 5.41) is 6.67. The first kappa shape index (κ1) is 17.9. The molecular weight excluding hydrogens is 308 g/mol. The maximum atomic E-state index is 11.9. The zero-order valence-electron chi connectivity index (χ0n) is 14.4. The van der Waals surface area contributed by atoms with E-state index < -0.39 is 0 Å². The van der Waals surface area contributed by atoms with Crippen LogP contribution >= 0.6 is 0 Å². The molecule has 2 heterocycles. The van der Waals surface area contributed by atoms with Crippen LogP contribution in [0.4, 0.5) is 0 Å². The molecule has 130 valence electrons. The molecule has 0 aliphatic rings. The highest BCUT2D eigenvalue weighted by Gasteiger charge is 2.09. The first-order chi connectivity index (χ1) is 11.5. The number of hydrogen-bond donors (Lipinski definition) is 2. The average molecular weight is 332 g/mol. The van der Waals surface area contributed by atoms with Crippen LogP contribution in [-0.2, 0) is 24.2 Å². The molecule has 24 heavy (non-hydrogen) atoms. The average Bonchev–Trinajstić information content (AvgIpc) is 2.94. The topological polar surface area (TPSA) is 101 Å². The molecule has 0 aromatic carbocycles. The minimum atomic E-state index is -0.151. The lowest BCUT2D eigenvalue weighted by Gasteiger charge is -2.07. The van der Waals surface area contributed by atoms with Crippen molar-refractivity contribution in [2.24, 2.45) is 0 Å². The van der Waals surface area contributed by atoms with Gasteiger partial charge in [0.1, 0.15) is 0 Å². The van der Waals surface area contributed by atoms with Crippen LogP contribution in [0.25, 0.3) is 0 Å². The molecule has 0 saturated carbocycles. The molecule has 0 bridgehead atoms. The lowest BCUT2D eigenvalue weighted by atomic mass is 10.1. The maximum absolute atomic E-state index is 11.9. The van der Waals surface area contributed by atoms with E-state index in [2.05, 4.69) is 27.4 Å². The van der Waals surface area contributed by atoms with E-state index in [1.54, 1.807) is 0 Å². The number of aromatic nitrogens is 3. The first-order valence-corrected chi connectivity index (χ1v) is 8.27. The fourth-order valence-corrected chi connectivity index (χ4v) is 2.49. The second-order valence-corrected chi connectivity index (χ2v) is 5.93. The van der Waals surface area contributed by atoms with Gasteiger partial charge in [-0.25, -0.2) is 0 Å². The van der Waals surface area contributed by atoms with Gasteiger partial charge in [-0.3, -0.25) is 9.59 Å². The van der Waals surface area contributed by atoms with Gasteiger partial charge in [-0.15, -0.1) is 0 Å². The van der Waals surface area contributed by atoms with Gasteiger partial charge in [-0.05, 0) is 38.3 Å². The van der Waals surface area contributed by atoms with Crippen molar-refractivity contribution >= 4 is 5.91 Å². The van der Waals surface area contributed by atoms with E-state index in [0.29, 0.717) is 36.5 Å². The number of nitrogens with zero attached hydrogens (tertiary/aromatic N) is 2. The van der Waals surface area contributed by atoms with Gasteiger partial charge in [0.15, 0.2) is 5.82 Å². The molecule has 2 rings (SSSR count). The summed E-state index contributed by atoms with van der Waals surface area (Å²) in [6.45, 7) is 6.00. The zero-order valence-corrected chi connectivity index (χ0v) is 14.4. The van der Waals surface area contributed by atoms with Crippen molar-refractivity contribution in [3.8, 4) is 0 Å². The van der Waals surface area contributed by atoms with Gasteiger partial charge in [0.05, 0.1) is 0 Å². The number of carbonyl (C=O) groups excluding carboxylic acids is 1. The largest absolute Gasteiger partial charge is 0.352 e.